The molecule has 33 heavy (non-hydrogen) atoms. The minimum Gasteiger partial charge on any atom is -0.445 e. The van der Waals surface area contributed by atoms with Gasteiger partial charge in [0.2, 0.25) is 0 Å². The maximum atomic E-state index is 12.4. The molecule has 0 radical (unpaired) electrons. The molecular formula is C26H29BN2O4. The molecule has 0 unspecified atom stereocenters. The molecule has 1 N–H and O–H groups in total. The van der Waals surface area contributed by atoms with E-state index in [1.54, 1.807) is 6.20 Å². The second-order valence-corrected chi connectivity index (χ2v) is 9.17. The van der Waals surface area contributed by atoms with E-state index in [4.69, 9.17) is 14.0 Å². The largest absolute Gasteiger partial charge is 0.492 e. The Hall–Kier alpha value is -3.16. The van der Waals surface area contributed by atoms with Crippen molar-refractivity contribution >= 4 is 30.1 Å². The topological polar surface area (TPSA) is 69.7 Å². The SMILES string of the molecule is CC1(C)OB(C(=Cc2cncc3ccccc23)CNC(=O)OCc2ccccc2)OC1(C)C. The Morgan fingerprint density at radius 1 is 1.00 bits per heavy atom. The molecule has 3 aromatic rings. The number of rotatable bonds is 6. The molecule has 7 heteroatoms. The minimum atomic E-state index is -0.608. The molecule has 2 aromatic carbocycles. The van der Waals surface area contributed by atoms with Gasteiger partial charge in [-0.1, -0.05) is 60.7 Å². The number of nitrogens with one attached hydrogen (secondary N) is 1. The lowest BCUT2D eigenvalue weighted by Crippen LogP contribution is -2.41. The molecule has 1 saturated heterocycles. The highest BCUT2D eigenvalue weighted by Gasteiger charge is 2.52. The second-order valence-electron chi connectivity index (χ2n) is 9.17. The van der Waals surface area contributed by atoms with Gasteiger partial charge in [-0.3, -0.25) is 4.98 Å². The maximum absolute atomic E-state index is 12.4. The van der Waals surface area contributed by atoms with Crippen LogP contribution < -0.4 is 5.32 Å². The molecule has 170 valence electrons. The third-order valence-corrected chi connectivity index (χ3v) is 6.25. The van der Waals surface area contributed by atoms with E-state index in [1.165, 1.54) is 0 Å². The third kappa shape index (κ3) is 5.26. The van der Waals surface area contributed by atoms with Crippen LogP contribution in [0.15, 0.2) is 72.5 Å². The number of hydrogen-bond acceptors (Lipinski definition) is 5. The number of carbonyl (C=O) groups excluding carboxylic acids is 1. The van der Waals surface area contributed by atoms with Crippen LogP contribution in [-0.4, -0.2) is 35.9 Å². The Morgan fingerprint density at radius 2 is 1.67 bits per heavy atom. The number of amides is 1. The van der Waals surface area contributed by atoms with Crippen LogP contribution in [0.5, 0.6) is 0 Å². The Labute approximate surface area is 195 Å². The molecule has 6 nitrogen and oxygen atoms in total. The van der Waals surface area contributed by atoms with Crippen molar-refractivity contribution in [2.45, 2.75) is 45.5 Å². The van der Waals surface area contributed by atoms with Gasteiger partial charge >= 0.3 is 13.2 Å². The summed E-state index contributed by atoms with van der Waals surface area (Å²) in [7, 11) is -0.608. The van der Waals surface area contributed by atoms with Crippen molar-refractivity contribution in [2.24, 2.45) is 0 Å². The van der Waals surface area contributed by atoms with Gasteiger partial charge in [-0.2, -0.15) is 0 Å². The van der Waals surface area contributed by atoms with E-state index in [0.717, 1.165) is 27.4 Å². The zero-order valence-corrected chi connectivity index (χ0v) is 19.5. The number of nitrogens with zero attached hydrogens (tertiary/aromatic N) is 1. The number of fused-ring (bicyclic) bond motifs is 1. The molecular weight excluding hydrogens is 415 g/mol. The average Bonchev–Trinajstić information content (AvgIpc) is 3.02. The molecule has 4 rings (SSSR count). The van der Waals surface area contributed by atoms with Gasteiger partial charge in [-0.15, -0.1) is 0 Å². The lowest BCUT2D eigenvalue weighted by Gasteiger charge is -2.32. The molecule has 0 spiro atoms. The number of carbonyl (C=O) groups is 1. The minimum absolute atomic E-state index is 0.204. The number of ether oxygens (including phenoxy) is 1. The lowest BCUT2D eigenvalue weighted by atomic mass is 9.76. The predicted molar refractivity (Wildman–Crippen MR) is 130 cm³/mol. The first kappa shape index (κ1) is 23.0. The summed E-state index contributed by atoms with van der Waals surface area (Å²) in [5.41, 5.74) is 1.64. The van der Waals surface area contributed by atoms with Crippen molar-refractivity contribution in [3.63, 3.8) is 0 Å². The van der Waals surface area contributed by atoms with E-state index in [-0.39, 0.29) is 13.2 Å². The summed E-state index contributed by atoms with van der Waals surface area (Å²) in [4.78, 5) is 16.8. The van der Waals surface area contributed by atoms with E-state index in [1.807, 2.05) is 94.6 Å². The Balaban J connectivity index is 1.55. The van der Waals surface area contributed by atoms with E-state index in [0.29, 0.717) is 0 Å². The molecule has 0 bridgehead atoms. The Kier molecular flexibility index (Phi) is 6.54. The summed E-state index contributed by atoms with van der Waals surface area (Å²) in [6.07, 6.45) is 5.12. The molecule has 1 aliphatic rings. The van der Waals surface area contributed by atoms with Crippen LogP contribution in [0, 0.1) is 0 Å². The van der Waals surface area contributed by atoms with Gasteiger partial charge < -0.3 is 19.4 Å². The highest BCUT2D eigenvalue weighted by molar-refractivity contribution is 6.56. The molecule has 1 amide bonds. The molecule has 0 aliphatic carbocycles. The van der Waals surface area contributed by atoms with Gasteiger partial charge in [0.05, 0.1) is 11.2 Å². The molecule has 1 aromatic heterocycles. The average molecular weight is 444 g/mol. The van der Waals surface area contributed by atoms with Crippen LogP contribution in [0.2, 0.25) is 0 Å². The van der Waals surface area contributed by atoms with Gasteiger partial charge in [-0.05, 0) is 44.1 Å². The molecule has 1 fully saturated rings. The fourth-order valence-electron chi connectivity index (χ4n) is 3.60. The van der Waals surface area contributed by atoms with Crippen LogP contribution in [0.4, 0.5) is 4.79 Å². The van der Waals surface area contributed by atoms with Crippen LogP contribution in [0.3, 0.4) is 0 Å². The normalized spacial score (nSPS) is 17.2. The van der Waals surface area contributed by atoms with Crippen LogP contribution in [0.1, 0.15) is 38.8 Å². The van der Waals surface area contributed by atoms with Crippen molar-refractivity contribution < 1.29 is 18.8 Å². The summed E-state index contributed by atoms with van der Waals surface area (Å²) in [6, 6.07) is 17.6. The number of benzene rings is 2. The first-order chi connectivity index (χ1) is 15.7. The monoisotopic (exact) mass is 444 g/mol. The zero-order valence-electron chi connectivity index (χ0n) is 19.5. The van der Waals surface area contributed by atoms with Crippen LogP contribution in [-0.2, 0) is 20.7 Å². The predicted octanol–water partition coefficient (Wildman–Crippen LogP) is 5.18. The summed E-state index contributed by atoms with van der Waals surface area (Å²) in [5, 5.41) is 4.94. The lowest BCUT2D eigenvalue weighted by molar-refractivity contribution is 0.00578. The van der Waals surface area contributed by atoms with E-state index in [2.05, 4.69) is 10.3 Å². The number of hydrogen-bond donors (Lipinski definition) is 1. The summed E-state index contributed by atoms with van der Waals surface area (Å²) in [5.74, 6) is 0. The zero-order chi connectivity index (χ0) is 23.5. The van der Waals surface area contributed by atoms with Crippen LogP contribution >= 0.6 is 0 Å². The molecule has 1 aliphatic heterocycles. The molecule has 0 atom stereocenters. The van der Waals surface area contributed by atoms with Crippen LogP contribution in [0.25, 0.3) is 16.8 Å². The highest BCUT2D eigenvalue weighted by atomic mass is 16.7. The van der Waals surface area contributed by atoms with Gasteiger partial charge in [-0.25, -0.2) is 4.79 Å². The van der Waals surface area contributed by atoms with Gasteiger partial charge in [0.25, 0.3) is 0 Å². The fraction of sp³-hybridized carbons (Fsp3) is 0.308. The van der Waals surface area contributed by atoms with Gasteiger partial charge in [0.1, 0.15) is 6.61 Å². The summed E-state index contributed by atoms with van der Waals surface area (Å²) in [6.45, 7) is 8.44. The number of aromatic nitrogens is 1. The first-order valence-electron chi connectivity index (χ1n) is 11.1. The van der Waals surface area contributed by atoms with Crippen molar-refractivity contribution in [2.75, 3.05) is 6.54 Å². The third-order valence-electron chi connectivity index (χ3n) is 6.25. The summed E-state index contributed by atoms with van der Waals surface area (Å²) >= 11 is 0. The van der Waals surface area contributed by atoms with Crippen molar-refractivity contribution in [1.29, 1.82) is 0 Å². The van der Waals surface area contributed by atoms with Gasteiger partial charge in [0, 0.05) is 29.9 Å². The number of alkyl carbamates (subject to hydrolysis) is 1. The first-order valence-corrected chi connectivity index (χ1v) is 11.1. The standard InChI is InChI=1S/C26H29BN2O4/c1-25(2)26(3,4)33-27(32-25)22(14-21-16-28-15-20-12-8-9-13-23(20)21)17-29-24(30)31-18-19-10-6-5-7-11-19/h5-16H,17-18H2,1-4H3,(H,29,30). The Morgan fingerprint density at radius 3 is 2.39 bits per heavy atom. The van der Waals surface area contributed by atoms with Crippen molar-refractivity contribution in [1.82, 2.24) is 10.3 Å². The van der Waals surface area contributed by atoms with E-state index in [9.17, 15) is 4.79 Å². The smallest absolute Gasteiger partial charge is 0.445 e. The molecule has 2 heterocycles. The van der Waals surface area contributed by atoms with E-state index < -0.39 is 24.4 Å². The Bertz CT molecular complexity index is 1140. The highest BCUT2D eigenvalue weighted by Crippen LogP contribution is 2.39. The maximum Gasteiger partial charge on any atom is 0.492 e. The van der Waals surface area contributed by atoms with Gasteiger partial charge in [0.15, 0.2) is 0 Å². The summed E-state index contributed by atoms with van der Waals surface area (Å²) < 4.78 is 17.9. The van der Waals surface area contributed by atoms with Crippen molar-refractivity contribution in [3.05, 3.63) is 83.6 Å². The fourth-order valence-corrected chi connectivity index (χ4v) is 3.60. The quantitative estimate of drug-likeness (QED) is 0.531. The van der Waals surface area contributed by atoms with E-state index >= 15 is 0 Å². The van der Waals surface area contributed by atoms with Crippen molar-refractivity contribution in [3.8, 4) is 0 Å². The molecule has 0 saturated carbocycles. The number of pyridine rings is 1. The second kappa shape index (κ2) is 9.37.